The number of benzene rings is 2. The predicted octanol–water partition coefficient (Wildman–Crippen LogP) is 4.43. The Bertz CT molecular complexity index is 812. The molecule has 0 N–H and O–H groups in total. The Labute approximate surface area is 137 Å². The van der Waals surface area contributed by atoms with Crippen molar-refractivity contribution < 1.29 is 9.31 Å². The first-order valence-electron chi connectivity index (χ1n) is 8.21. The minimum absolute atomic E-state index is 0.237. The quantitative estimate of drug-likeness (QED) is 0.654. The molecule has 1 aliphatic heterocycles. The molecule has 0 unspecified atom stereocenters. The van der Waals surface area contributed by atoms with Gasteiger partial charge in [0.15, 0.2) is 0 Å². The third-order valence-electron chi connectivity index (χ3n) is 5.31. The van der Waals surface area contributed by atoms with Crippen molar-refractivity contribution in [3.63, 3.8) is 0 Å². The monoisotopic (exact) mass is 307 g/mol. The zero-order valence-electron chi connectivity index (χ0n) is 14.2. The van der Waals surface area contributed by atoms with E-state index in [2.05, 4.69) is 80.8 Å². The highest BCUT2D eigenvalue weighted by atomic mass is 16.7. The van der Waals surface area contributed by atoms with Crippen molar-refractivity contribution in [3.8, 4) is 0 Å². The molecule has 23 heavy (non-hydrogen) atoms. The number of fused-ring (bicyclic) bond motifs is 3. The molecule has 0 saturated carbocycles. The number of nitrogens with zero attached hydrogens (tertiary/aromatic N) is 1. The van der Waals surface area contributed by atoms with Gasteiger partial charge in [0.1, 0.15) is 0 Å². The lowest BCUT2D eigenvalue weighted by molar-refractivity contribution is 0.00578. The zero-order chi connectivity index (χ0) is 16.2. The van der Waals surface area contributed by atoms with E-state index in [9.17, 15) is 0 Å². The van der Waals surface area contributed by atoms with E-state index in [1.165, 1.54) is 21.8 Å². The van der Waals surface area contributed by atoms with Gasteiger partial charge in [-0.25, -0.2) is 0 Å². The summed E-state index contributed by atoms with van der Waals surface area (Å²) in [5.74, 6) is 0. The fourth-order valence-electron chi connectivity index (χ4n) is 3.39. The summed E-state index contributed by atoms with van der Waals surface area (Å²) in [4.78, 5) is 0. The van der Waals surface area contributed by atoms with Crippen LogP contribution in [0.5, 0.6) is 0 Å². The Morgan fingerprint density at radius 2 is 1.22 bits per heavy atom. The van der Waals surface area contributed by atoms with Gasteiger partial charge in [-0.05, 0) is 39.8 Å². The predicted molar refractivity (Wildman–Crippen MR) is 95.5 cm³/mol. The van der Waals surface area contributed by atoms with Crippen LogP contribution in [-0.2, 0) is 15.8 Å². The fraction of sp³-hybridized carbons (Fsp3) is 0.368. The Balaban J connectivity index is 1.80. The summed E-state index contributed by atoms with van der Waals surface area (Å²) in [6.07, 6.45) is 0.695. The molecule has 2 heterocycles. The van der Waals surface area contributed by atoms with Crippen LogP contribution in [0.15, 0.2) is 48.5 Å². The van der Waals surface area contributed by atoms with Gasteiger partial charge in [0.25, 0.3) is 0 Å². The van der Waals surface area contributed by atoms with E-state index in [0.717, 1.165) is 0 Å². The minimum Gasteiger partial charge on any atom is -0.402 e. The molecule has 3 nitrogen and oxygen atoms in total. The van der Waals surface area contributed by atoms with Crippen molar-refractivity contribution in [2.45, 2.75) is 45.3 Å². The first-order valence-corrected chi connectivity index (χ1v) is 8.21. The van der Waals surface area contributed by atoms with Crippen molar-refractivity contribution in [1.29, 1.82) is 0 Å². The summed E-state index contributed by atoms with van der Waals surface area (Å²) in [5, 5.41) is 2.55. The standard InChI is InChI=1S/C19H22BNO2/c1-18(2)19(3,4)23-20(22-18)13-21-16-11-7-5-9-14(16)15-10-6-8-12-17(15)21/h5-12H,13H2,1-4H3. The molecule has 118 valence electrons. The molecule has 4 heteroatoms. The van der Waals surface area contributed by atoms with E-state index >= 15 is 0 Å². The van der Waals surface area contributed by atoms with Crippen molar-refractivity contribution >= 4 is 28.9 Å². The van der Waals surface area contributed by atoms with E-state index in [4.69, 9.17) is 9.31 Å². The molecule has 1 aromatic heterocycles. The van der Waals surface area contributed by atoms with E-state index in [1.807, 2.05) is 0 Å². The molecule has 1 fully saturated rings. The number of hydrogen-bond acceptors (Lipinski definition) is 2. The van der Waals surface area contributed by atoms with Crippen LogP contribution in [0.1, 0.15) is 27.7 Å². The SMILES string of the molecule is CC1(C)OB(Cn2c3ccccc3c3ccccc32)OC1(C)C. The summed E-state index contributed by atoms with van der Waals surface area (Å²) in [5.41, 5.74) is 1.86. The highest BCUT2D eigenvalue weighted by Crippen LogP contribution is 2.38. The van der Waals surface area contributed by atoms with Crippen LogP contribution in [0.3, 0.4) is 0 Å². The second-order valence-electron chi connectivity index (χ2n) is 7.33. The lowest BCUT2D eigenvalue weighted by Gasteiger charge is -2.32. The maximum Gasteiger partial charge on any atom is 0.479 e. The molecular formula is C19H22BNO2. The van der Waals surface area contributed by atoms with Crippen LogP contribution in [0.25, 0.3) is 21.8 Å². The van der Waals surface area contributed by atoms with Crippen LogP contribution in [0.2, 0.25) is 0 Å². The van der Waals surface area contributed by atoms with Gasteiger partial charge in [-0.1, -0.05) is 36.4 Å². The van der Waals surface area contributed by atoms with Gasteiger partial charge >= 0.3 is 7.12 Å². The smallest absolute Gasteiger partial charge is 0.402 e. The highest BCUT2D eigenvalue weighted by Gasteiger charge is 2.51. The van der Waals surface area contributed by atoms with Gasteiger partial charge in [-0.15, -0.1) is 0 Å². The lowest BCUT2D eigenvalue weighted by Crippen LogP contribution is -2.41. The fourth-order valence-corrected chi connectivity index (χ4v) is 3.39. The summed E-state index contributed by atoms with van der Waals surface area (Å²) < 4.78 is 14.7. The zero-order valence-corrected chi connectivity index (χ0v) is 14.2. The molecule has 0 atom stereocenters. The minimum atomic E-state index is -0.295. The Hall–Kier alpha value is -1.78. The average Bonchev–Trinajstić information content (AvgIpc) is 2.92. The summed E-state index contributed by atoms with van der Waals surface area (Å²) >= 11 is 0. The molecule has 0 radical (unpaired) electrons. The molecule has 0 spiro atoms. The van der Waals surface area contributed by atoms with Crippen LogP contribution >= 0.6 is 0 Å². The summed E-state index contributed by atoms with van der Waals surface area (Å²) in [6, 6.07) is 17.0. The summed E-state index contributed by atoms with van der Waals surface area (Å²) in [6.45, 7) is 8.38. The molecule has 0 amide bonds. The van der Waals surface area contributed by atoms with Gasteiger partial charge in [0, 0.05) is 21.8 Å². The maximum atomic E-state index is 6.19. The van der Waals surface area contributed by atoms with Crippen molar-refractivity contribution in [2.24, 2.45) is 0 Å². The molecule has 2 aromatic carbocycles. The third kappa shape index (κ3) is 2.20. The maximum absolute atomic E-state index is 6.19. The van der Waals surface area contributed by atoms with Crippen molar-refractivity contribution in [3.05, 3.63) is 48.5 Å². The molecular weight excluding hydrogens is 285 g/mol. The van der Waals surface area contributed by atoms with Crippen LogP contribution < -0.4 is 0 Å². The summed E-state index contributed by atoms with van der Waals surface area (Å²) in [7, 11) is -0.237. The van der Waals surface area contributed by atoms with Crippen LogP contribution in [-0.4, -0.2) is 22.9 Å². The molecule has 4 rings (SSSR count). The molecule has 1 aliphatic rings. The van der Waals surface area contributed by atoms with Crippen LogP contribution in [0, 0.1) is 0 Å². The molecule has 0 aliphatic carbocycles. The van der Waals surface area contributed by atoms with Crippen LogP contribution in [0.4, 0.5) is 0 Å². The molecule has 0 bridgehead atoms. The molecule has 3 aromatic rings. The van der Waals surface area contributed by atoms with Gasteiger partial charge in [-0.3, -0.25) is 0 Å². The van der Waals surface area contributed by atoms with Gasteiger partial charge < -0.3 is 13.9 Å². The van der Waals surface area contributed by atoms with E-state index in [1.54, 1.807) is 0 Å². The first kappa shape index (κ1) is 14.8. The lowest BCUT2D eigenvalue weighted by atomic mass is 9.90. The van der Waals surface area contributed by atoms with Crippen molar-refractivity contribution in [2.75, 3.05) is 0 Å². The Kier molecular flexibility index (Phi) is 3.13. The Morgan fingerprint density at radius 3 is 1.70 bits per heavy atom. The van der Waals surface area contributed by atoms with E-state index < -0.39 is 0 Å². The van der Waals surface area contributed by atoms with E-state index in [0.29, 0.717) is 6.44 Å². The normalized spacial score (nSPS) is 19.7. The number of hydrogen-bond donors (Lipinski definition) is 0. The Morgan fingerprint density at radius 1 is 0.783 bits per heavy atom. The topological polar surface area (TPSA) is 23.4 Å². The van der Waals surface area contributed by atoms with Crippen molar-refractivity contribution in [1.82, 2.24) is 4.57 Å². The second kappa shape index (κ2) is 4.86. The van der Waals surface area contributed by atoms with Gasteiger partial charge in [-0.2, -0.15) is 0 Å². The second-order valence-corrected chi connectivity index (χ2v) is 7.33. The largest absolute Gasteiger partial charge is 0.479 e. The highest BCUT2D eigenvalue weighted by molar-refractivity contribution is 6.44. The number of aromatic nitrogens is 1. The van der Waals surface area contributed by atoms with E-state index in [-0.39, 0.29) is 18.3 Å². The number of rotatable bonds is 2. The van der Waals surface area contributed by atoms with Gasteiger partial charge in [0.05, 0.1) is 17.6 Å². The van der Waals surface area contributed by atoms with Gasteiger partial charge in [0.2, 0.25) is 0 Å². The third-order valence-corrected chi connectivity index (χ3v) is 5.31. The number of para-hydroxylation sites is 2. The average molecular weight is 307 g/mol. The first-order chi connectivity index (χ1) is 10.9. The molecule has 1 saturated heterocycles.